The minimum absolute atomic E-state index is 0.700. The van der Waals surface area contributed by atoms with Crippen LogP contribution in [0, 0.1) is 0 Å². The lowest BCUT2D eigenvalue weighted by Gasteiger charge is -2.10. The Labute approximate surface area is 112 Å². The standard InChI is InChI=1S/C14H15ClN2O/c1-18-12-2-3-13(15)14(10-12)17-9-6-11-4-7-16-8-5-11/h2-5,7-8,10,17H,6,9H2,1H3. The maximum Gasteiger partial charge on any atom is 0.121 e. The van der Waals surface area contributed by atoms with Crippen LogP contribution in [0.2, 0.25) is 5.02 Å². The van der Waals surface area contributed by atoms with Crippen LogP contribution >= 0.6 is 11.6 Å². The van der Waals surface area contributed by atoms with Gasteiger partial charge in [-0.1, -0.05) is 11.6 Å². The summed E-state index contributed by atoms with van der Waals surface area (Å²) < 4.78 is 5.17. The number of anilines is 1. The summed E-state index contributed by atoms with van der Waals surface area (Å²) in [5.74, 6) is 0.797. The lowest BCUT2D eigenvalue weighted by atomic mass is 10.2. The van der Waals surface area contributed by atoms with Crippen molar-refractivity contribution in [1.82, 2.24) is 4.98 Å². The van der Waals surface area contributed by atoms with E-state index in [0.29, 0.717) is 5.02 Å². The van der Waals surface area contributed by atoms with Crippen molar-refractivity contribution in [2.75, 3.05) is 19.0 Å². The minimum atomic E-state index is 0.700. The van der Waals surface area contributed by atoms with E-state index in [2.05, 4.69) is 10.3 Å². The van der Waals surface area contributed by atoms with Crippen LogP contribution in [-0.4, -0.2) is 18.6 Å². The fourth-order valence-corrected chi connectivity index (χ4v) is 1.84. The van der Waals surface area contributed by atoms with Gasteiger partial charge in [-0.3, -0.25) is 4.98 Å². The first-order valence-electron chi connectivity index (χ1n) is 5.76. The van der Waals surface area contributed by atoms with Crippen molar-refractivity contribution in [1.29, 1.82) is 0 Å². The van der Waals surface area contributed by atoms with Gasteiger partial charge in [0.15, 0.2) is 0 Å². The second-order valence-electron chi connectivity index (χ2n) is 3.88. The third-order valence-electron chi connectivity index (χ3n) is 2.65. The number of methoxy groups -OCH3 is 1. The largest absolute Gasteiger partial charge is 0.497 e. The highest BCUT2D eigenvalue weighted by Gasteiger charge is 2.01. The van der Waals surface area contributed by atoms with Gasteiger partial charge in [0, 0.05) is 25.0 Å². The fourth-order valence-electron chi connectivity index (χ4n) is 1.66. The van der Waals surface area contributed by atoms with Gasteiger partial charge in [0.2, 0.25) is 0 Å². The summed E-state index contributed by atoms with van der Waals surface area (Å²) in [6.45, 7) is 0.816. The van der Waals surface area contributed by atoms with E-state index in [1.165, 1.54) is 5.56 Å². The Balaban J connectivity index is 1.94. The SMILES string of the molecule is COc1ccc(Cl)c(NCCc2ccncc2)c1. The van der Waals surface area contributed by atoms with Crippen molar-refractivity contribution in [3.63, 3.8) is 0 Å². The van der Waals surface area contributed by atoms with Crippen LogP contribution in [0.1, 0.15) is 5.56 Å². The van der Waals surface area contributed by atoms with Crippen molar-refractivity contribution in [3.05, 3.63) is 53.3 Å². The van der Waals surface area contributed by atoms with Gasteiger partial charge in [-0.25, -0.2) is 0 Å². The number of rotatable bonds is 5. The molecule has 1 aromatic heterocycles. The molecule has 0 spiro atoms. The number of hydrogen-bond acceptors (Lipinski definition) is 3. The van der Waals surface area contributed by atoms with Gasteiger partial charge in [-0.15, -0.1) is 0 Å². The first kappa shape index (κ1) is 12.7. The van der Waals surface area contributed by atoms with Crippen molar-refractivity contribution < 1.29 is 4.74 Å². The molecular formula is C14H15ClN2O. The molecule has 0 atom stereocenters. The summed E-state index contributed by atoms with van der Waals surface area (Å²) in [6, 6.07) is 9.59. The van der Waals surface area contributed by atoms with Gasteiger partial charge in [0.25, 0.3) is 0 Å². The molecule has 0 saturated carbocycles. The maximum atomic E-state index is 6.11. The molecule has 1 N–H and O–H groups in total. The van der Waals surface area contributed by atoms with Gasteiger partial charge in [-0.2, -0.15) is 0 Å². The Morgan fingerprint density at radius 2 is 2.00 bits per heavy atom. The molecule has 0 aliphatic rings. The summed E-state index contributed by atoms with van der Waals surface area (Å²) in [6.07, 6.45) is 4.53. The quantitative estimate of drug-likeness (QED) is 0.897. The monoisotopic (exact) mass is 262 g/mol. The van der Waals surface area contributed by atoms with Crippen LogP contribution in [0.5, 0.6) is 5.75 Å². The smallest absolute Gasteiger partial charge is 0.121 e. The summed E-state index contributed by atoms with van der Waals surface area (Å²) in [5, 5.41) is 4.00. The predicted octanol–water partition coefficient (Wildman–Crippen LogP) is 3.40. The highest BCUT2D eigenvalue weighted by Crippen LogP contribution is 2.26. The molecule has 0 bridgehead atoms. The lowest BCUT2D eigenvalue weighted by molar-refractivity contribution is 0.415. The Morgan fingerprint density at radius 1 is 1.22 bits per heavy atom. The average molecular weight is 263 g/mol. The Kier molecular flexibility index (Phi) is 4.42. The maximum absolute atomic E-state index is 6.11. The molecule has 0 radical (unpaired) electrons. The molecule has 0 aliphatic carbocycles. The highest BCUT2D eigenvalue weighted by atomic mass is 35.5. The van der Waals surface area contributed by atoms with E-state index in [0.717, 1.165) is 24.4 Å². The first-order valence-corrected chi connectivity index (χ1v) is 6.13. The van der Waals surface area contributed by atoms with E-state index in [4.69, 9.17) is 16.3 Å². The molecule has 4 heteroatoms. The van der Waals surface area contributed by atoms with Crippen LogP contribution in [0.15, 0.2) is 42.7 Å². The molecule has 0 saturated heterocycles. The molecule has 0 unspecified atom stereocenters. The van der Waals surface area contributed by atoms with Gasteiger partial charge >= 0.3 is 0 Å². The average Bonchev–Trinajstić information content (AvgIpc) is 2.42. The molecule has 1 aromatic carbocycles. The number of nitrogens with zero attached hydrogens (tertiary/aromatic N) is 1. The van der Waals surface area contributed by atoms with Gasteiger partial charge in [-0.05, 0) is 36.2 Å². The van der Waals surface area contributed by atoms with Gasteiger partial charge in [0.1, 0.15) is 5.75 Å². The Bertz CT molecular complexity index is 502. The molecule has 3 nitrogen and oxygen atoms in total. The number of pyridine rings is 1. The van der Waals surface area contributed by atoms with Gasteiger partial charge in [0.05, 0.1) is 17.8 Å². The van der Waals surface area contributed by atoms with E-state index in [1.54, 1.807) is 19.5 Å². The van der Waals surface area contributed by atoms with E-state index in [1.807, 2.05) is 30.3 Å². The number of benzene rings is 1. The molecule has 2 aromatic rings. The molecule has 0 amide bonds. The highest BCUT2D eigenvalue weighted by molar-refractivity contribution is 6.33. The summed E-state index contributed by atoms with van der Waals surface area (Å²) in [4.78, 5) is 3.99. The second-order valence-corrected chi connectivity index (χ2v) is 4.29. The minimum Gasteiger partial charge on any atom is -0.497 e. The van der Waals surface area contributed by atoms with Gasteiger partial charge < -0.3 is 10.1 Å². The third kappa shape index (κ3) is 3.37. The topological polar surface area (TPSA) is 34.1 Å². The number of hydrogen-bond donors (Lipinski definition) is 1. The van der Waals surface area contributed by atoms with E-state index in [-0.39, 0.29) is 0 Å². The fraction of sp³-hybridized carbons (Fsp3) is 0.214. The lowest BCUT2D eigenvalue weighted by Crippen LogP contribution is -2.05. The van der Waals surface area contributed by atoms with Crippen LogP contribution in [-0.2, 0) is 6.42 Å². The van der Waals surface area contributed by atoms with Crippen LogP contribution in [0.25, 0.3) is 0 Å². The van der Waals surface area contributed by atoms with Crippen LogP contribution in [0.4, 0.5) is 5.69 Å². The molecule has 2 rings (SSSR count). The third-order valence-corrected chi connectivity index (χ3v) is 2.98. The zero-order chi connectivity index (χ0) is 12.8. The Hall–Kier alpha value is -1.74. The van der Waals surface area contributed by atoms with Crippen molar-refractivity contribution in [2.45, 2.75) is 6.42 Å². The normalized spacial score (nSPS) is 10.1. The summed E-state index contributed by atoms with van der Waals surface area (Å²) >= 11 is 6.11. The number of ether oxygens (including phenoxy) is 1. The zero-order valence-electron chi connectivity index (χ0n) is 10.2. The molecular weight excluding hydrogens is 248 g/mol. The van der Waals surface area contributed by atoms with E-state index < -0.39 is 0 Å². The second kappa shape index (κ2) is 6.26. The molecule has 0 aliphatic heterocycles. The predicted molar refractivity (Wildman–Crippen MR) is 74.4 cm³/mol. The number of halogens is 1. The van der Waals surface area contributed by atoms with E-state index >= 15 is 0 Å². The van der Waals surface area contributed by atoms with Crippen molar-refractivity contribution >= 4 is 17.3 Å². The number of aromatic nitrogens is 1. The summed E-state index contributed by atoms with van der Waals surface area (Å²) in [7, 11) is 1.64. The molecule has 94 valence electrons. The molecule has 18 heavy (non-hydrogen) atoms. The Morgan fingerprint density at radius 3 is 2.72 bits per heavy atom. The zero-order valence-corrected chi connectivity index (χ0v) is 10.9. The number of nitrogens with one attached hydrogen (secondary N) is 1. The van der Waals surface area contributed by atoms with Crippen molar-refractivity contribution in [2.24, 2.45) is 0 Å². The van der Waals surface area contributed by atoms with Crippen LogP contribution in [0.3, 0.4) is 0 Å². The van der Waals surface area contributed by atoms with Crippen LogP contribution < -0.4 is 10.1 Å². The van der Waals surface area contributed by atoms with Crippen molar-refractivity contribution in [3.8, 4) is 5.75 Å². The summed E-state index contributed by atoms with van der Waals surface area (Å²) in [5.41, 5.74) is 2.14. The molecule has 0 fully saturated rings. The van der Waals surface area contributed by atoms with E-state index in [9.17, 15) is 0 Å². The molecule has 1 heterocycles. The first-order chi connectivity index (χ1) is 8.79.